The average Bonchev–Trinajstić information content (AvgIpc) is 2.73. The van der Waals surface area contributed by atoms with Crippen LogP contribution in [0.2, 0.25) is 0 Å². The van der Waals surface area contributed by atoms with Gasteiger partial charge >= 0.3 is 0 Å². The maximum absolute atomic E-state index is 10.6. The molecule has 4 heteroatoms. The third-order valence-corrected chi connectivity index (χ3v) is 2.06. The van der Waals surface area contributed by atoms with E-state index in [0.29, 0.717) is 17.9 Å². The normalized spacial score (nSPS) is 10.1. The van der Waals surface area contributed by atoms with Crippen LogP contribution >= 0.6 is 0 Å². The quantitative estimate of drug-likeness (QED) is 0.738. The van der Waals surface area contributed by atoms with Gasteiger partial charge in [0.05, 0.1) is 0 Å². The van der Waals surface area contributed by atoms with Crippen molar-refractivity contribution in [3.05, 3.63) is 47.3 Å². The molecule has 0 N–H and O–H groups in total. The van der Waals surface area contributed by atoms with Gasteiger partial charge in [-0.1, -0.05) is 17.3 Å². The Morgan fingerprint density at radius 1 is 1.44 bits per heavy atom. The highest BCUT2D eigenvalue weighted by Crippen LogP contribution is 2.14. The highest BCUT2D eigenvalue weighted by molar-refractivity contribution is 5.75. The lowest BCUT2D eigenvalue weighted by Gasteiger charge is -2.03. The third kappa shape index (κ3) is 2.48. The zero-order chi connectivity index (χ0) is 11.4. The second-order valence-corrected chi connectivity index (χ2v) is 3.41. The number of carbonyl (C=O) groups is 1. The maximum atomic E-state index is 10.6. The number of aldehydes is 1. The number of carbonyl (C=O) groups excluding carboxylic acids is 1. The fourth-order valence-corrected chi connectivity index (χ4v) is 1.32. The molecule has 16 heavy (non-hydrogen) atoms. The van der Waals surface area contributed by atoms with E-state index in [4.69, 9.17) is 9.26 Å². The number of benzene rings is 1. The molecule has 82 valence electrons. The molecule has 1 aromatic carbocycles. The minimum absolute atomic E-state index is 0.333. The monoisotopic (exact) mass is 217 g/mol. The molecule has 0 aliphatic carbocycles. The van der Waals surface area contributed by atoms with E-state index in [-0.39, 0.29) is 0 Å². The molecule has 0 atom stereocenters. The smallest absolute Gasteiger partial charge is 0.150 e. The van der Waals surface area contributed by atoms with Gasteiger partial charge in [0.1, 0.15) is 30.1 Å². The highest BCUT2D eigenvalue weighted by Gasteiger charge is 2.01. The van der Waals surface area contributed by atoms with Gasteiger partial charge in [-0.25, -0.2) is 0 Å². The Hall–Kier alpha value is -2.10. The SMILES string of the molecule is Cc1cc(COc2cccc(C=O)c2)no1. The van der Waals surface area contributed by atoms with E-state index in [1.807, 2.05) is 13.0 Å². The van der Waals surface area contributed by atoms with Crippen LogP contribution in [-0.2, 0) is 6.61 Å². The second kappa shape index (κ2) is 4.61. The number of hydrogen-bond acceptors (Lipinski definition) is 4. The van der Waals surface area contributed by atoms with Crippen LogP contribution in [0.25, 0.3) is 0 Å². The van der Waals surface area contributed by atoms with Crippen LogP contribution in [0.15, 0.2) is 34.9 Å². The topological polar surface area (TPSA) is 52.3 Å². The number of hydrogen-bond donors (Lipinski definition) is 0. The molecule has 0 unspecified atom stereocenters. The van der Waals surface area contributed by atoms with Crippen molar-refractivity contribution in [1.82, 2.24) is 5.16 Å². The van der Waals surface area contributed by atoms with Gasteiger partial charge in [-0.15, -0.1) is 0 Å². The van der Waals surface area contributed by atoms with E-state index in [1.165, 1.54) is 0 Å². The van der Waals surface area contributed by atoms with Crippen LogP contribution in [0.1, 0.15) is 21.8 Å². The molecule has 0 radical (unpaired) electrons. The Morgan fingerprint density at radius 2 is 2.31 bits per heavy atom. The van der Waals surface area contributed by atoms with E-state index < -0.39 is 0 Å². The Kier molecular flexibility index (Phi) is 3.00. The van der Waals surface area contributed by atoms with Crippen molar-refractivity contribution in [3.63, 3.8) is 0 Å². The molecule has 1 aromatic heterocycles. The molecule has 0 aliphatic rings. The van der Waals surface area contributed by atoms with E-state index in [0.717, 1.165) is 17.7 Å². The fourth-order valence-electron chi connectivity index (χ4n) is 1.32. The van der Waals surface area contributed by atoms with E-state index in [2.05, 4.69) is 5.16 Å². The summed E-state index contributed by atoms with van der Waals surface area (Å²) in [5, 5.41) is 3.80. The van der Waals surface area contributed by atoms with E-state index in [1.54, 1.807) is 24.3 Å². The lowest BCUT2D eigenvalue weighted by atomic mass is 10.2. The average molecular weight is 217 g/mol. The number of aryl methyl sites for hydroxylation is 1. The van der Waals surface area contributed by atoms with Gasteiger partial charge < -0.3 is 9.26 Å². The summed E-state index contributed by atoms with van der Waals surface area (Å²) in [6.45, 7) is 2.16. The number of ether oxygens (including phenoxy) is 1. The molecular formula is C12H11NO3. The predicted octanol–water partition coefficient (Wildman–Crippen LogP) is 2.37. The third-order valence-electron chi connectivity index (χ3n) is 2.06. The van der Waals surface area contributed by atoms with Crippen molar-refractivity contribution in [2.24, 2.45) is 0 Å². The Labute approximate surface area is 92.8 Å². The summed E-state index contributed by atoms with van der Waals surface area (Å²) in [5.74, 6) is 1.39. The van der Waals surface area contributed by atoms with Crippen LogP contribution in [0.3, 0.4) is 0 Å². The van der Waals surface area contributed by atoms with Crippen LogP contribution < -0.4 is 4.74 Å². The first-order chi connectivity index (χ1) is 7.78. The standard InChI is InChI=1S/C12H11NO3/c1-9-5-11(13-16-9)8-15-12-4-2-3-10(6-12)7-14/h2-7H,8H2,1H3. The Bertz CT molecular complexity index is 491. The minimum Gasteiger partial charge on any atom is -0.487 e. The summed E-state index contributed by atoms with van der Waals surface area (Å²) in [5.41, 5.74) is 1.32. The van der Waals surface area contributed by atoms with Crippen LogP contribution in [0, 0.1) is 6.92 Å². The molecule has 2 aromatic rings. The van der Waals surface area contributed by atoms with Crippen molar-refractivity contribution < 1.29 is 14.1 Å². The van der Waals surface area contributed by atoms with Crippen molar-refractivity contribution >= 4 is 6.29 Å². The van der Waals surface area contributed by atoms with Gasteiger partial charge in [0.2, 0.25) is 0 Å². The highest BCUT2D eigenvalue weighted by atomic mass is 16.5. The zero-order valence-electron chi connectivity index (χ0n) is 8.84. The molecule has 0 saturated heterocycles. The molecule has 0 saturated carbocycles. The first-order valence-corrected chi connectivity index (χ1v) is 4.88. The van der Waals surface area contributed by atoms with Crippen molar-refractivity contribution in [1.29, 1.82) is 0 Å². The fraction of sp³-hybridized carbons (Fsp3) is 0.167. The number of aromatic nitrogens is 1. The minimum atomic E-state index is 0.333. The first kappa shape index (κ1) is 10.4. The Morgan fingerprint density at radius 3 is 3.00 bits per heavy atom. The summed E-state index contributed by atoms with van der Waals surface area (Å²) < 4.78 is 10.4. The van der Waals surface area contributed by atoms with Crippen LogP contribution in [-0.4, -0.2) is 11.4 Å². The summed E-state index contributed by atoms with van der Waals surface area (Å²) in [6.07, 6.45) is 0.785. The van der Waals surface area contributed by atoms with Crippen molar-refractivity contribution in [3.8, 4) is 5.75 Å². The summed E-state index contributed by atoms with van der Waals surface area (Å²) >= 11 is 0. The van der Waals surface area contributed by atoms with Gasteiger partial charge in [0.15, 0.2) is 0 Å². The molecule has 0 bridgehead atoms. The van der Waals surface area contributed by atoms with E-state index >= 15 is 0 Å². The molecule has 0 spiro atoms. The molecule has 0 fully saturated rings. The number of nitrogens with zero attached hydrogens (tertiary/aromatic N) is 1. The van der Waals surface area contributed by atoms with Gasteiger partial charge in [-0.2, -0.15) is 0 Å². The predicted molar refractivity (Wildman–Crippen MR) is 57.4 cm³/mol. The van der Waals surface area contributed by atoms with Crippen molar-refractivity contribution in [2.45, 2.75) is 13.5 Å². The lowest BCUT2D eigenvalue weighted by molar-refractivity contribution is 0.112. The largest absolute Gasteiger partial charge is 0.487 e. The molecule has 4 nitrogen and oxygen atoms in total. The molecule has 0 amide bonds. The number of rotatable bonds is 4. The van der Waals surface area contributed by atoms with Crippen LogP contribution in [0.5, 0.6) is 5.75 Å². The van der Waals surface area contributed by atoms with Gasteiger partial charge in [0.25, 0.3) is 0 Å². The first-order valence-electron chi connectivity index (χ1n) is 4.88. The molecule has 2 rings (SSSR count). The van der Waals surface area contributed by atoms with E-state index in [9.17, 15) is 4.79 Å². The molecular weight excluding hydrogens is 206 g/mol. The van der Waals surface area contributed by atoms with Crippen molar-refractivity contribution in [2.75, 3.05) is 0 Å². The summed E-state index contributed by atoms with van der Waals surface area (Å²) in [6, 6.07) is 8.77. The van der Waals surface area contributed by atoms with Crippen LogP contribution in [0.4, 0.5) is 0 Å². The molecule has 1 heterocycles. The second-order valence-electron chi connectivity index (χ2n) is 3.41. The molecule has 0 aliphatic heterocycles. The lowest BCUT2D eigenvalue weighted by Crippen LogP contribution is -1.95. The van der Waals surface area contributed by atoms with Gasteiger partial charge in [0, 0.05) is 11.6 Å². The van der Waals surface area contributed by atoms with Gasteiger partial charge in [-0.3, -0.25) is 4.79 Å². The zero-order valence-corrected chi connectivity index (χ0v) is 8.84. The summed E-state index contributed by atoms with van der Waals surface area (Å²) in [4.78, 5) is 10.6. The maximum Gasteiger partial charge on any atom is 0.150 e. The Balaban J connectivity index is 2.01. The summed E-state index contributed by atoms with van der Waals surface area (Å²) in [7, 11) is 0. The van der Waals surface area contributed by atoms with Gasteiger partial charge in [-0.05, 0) is 19.1 Å².